The molecule has 0 saturated carbocycles. The van der Waals surface area contributed by atoms with Gasteiger partial charge in [0, 0.05) is 18.3 Å². The predicted octanol–water partition coefficient (Wildman–Crippen LogP) is 3.48. The van der Waals surface area contributed by atoms with E-state index < -0.39 is 10.0 Å². The molecule has 8 nitrogen and oxygen atoms in total. The SMILES string of the molecule is CCCC(NC1CCN(Cc2ccc(Oc3ccc(NS(C)(=O)=O)cc3)cc2)CC1)C(N)=O.Cl. The Labute approximate surface area is 208 Å². The zero-order valence-corrected chi connectivity index (χ0v) is 21.3. The predicted molar refractivity (Wildman–Crippen MR) is 138 cm³/mol. The molecular weight excluding hydrogens is 476 g/mol. The lowest BCUT2D eigenvalue weighted by atomic mass is 10.0. The number of nitrogens with two attached hydrogens (primary N) is 1. The molecule has 2 aromatic carbocycles. The normalized spacial score (nSPS) is 15.8. The maximum Gasteiger partial charge on any atom is 0.234 e. The van der Waals surface area contributed by atoms with Crippen molar-refractivity contribution in [2.24, 2.45) is 5.73 Å². The third-order valence-corrected chi connectivity index (χ3v) is 6.27. The van der Waals surface area contributed by atoms with E-state index in [4.69, 9.17) is 10.5 Å². The van der Waals surface area contributed by atoms with Crippen molar-refractivity contribution in [1.29, 1.82) is 0 Å². The van der Waals surface area contributed by atoms with Gasteiger partial charge < -0.3 is 15.8 Å². The van der Waals surface area contributed by atoms with Gasteiger partial charge in [0.15, 0.2) is 0 Å². The quantitative estimate of drug-likeness (QED) is 0.426. The Morgan fingerprint density at radius 3 is 2.15 bits per heavy atom. The lowest BCUT2D eigenvalue weighted by Gasteiger charge is -2.34. The number of sulfonamides is 1. The number of nitrogens with zero attached hydrogens (tertiary/aromatic N) is 1. The van der Waals surface area contributed by atoms with Gasteiger partial charge in [-0.25, -0.2) is 8.42 Å². The number of rotatable bonds is 11. The fourth-order valence-corrected chi connectivity index (χ4v) is 4.57. The van der Waals surface area contributed by atoms with Gasteiger partial charge in [0.25, 0.3) is 0 Å². The van der Waals surface area contributed by atoms with Crippen LogP contribution < -0.4 is 20.5 Å². The van der Waals surface area contributed by atoms with Crippen LogP contribution in [-0.4, -0.2) is 50.7 Å². The van der Waals surface area contributed by atoms with Crippen LogP contribution in [0.2, 0.25) is 0 Å². The molecule has 1 saturated heterocycles. The summed E-state index contributed by atoms with van der Waals surface area (Å²) < 4.78 is 30.9. The molecule has 0 radical (unpaired) electrons. The number of carbonyl (C=O) groups excluding carboxylic acids is 1. The Kier molecular flexibility index (Phi) is 10.6. The number of likely N-dealkylation sites (tertiary alicyclic amines) is 1. The van der Waals surface area contributed by atoms with Crippen LogP contribution in [0.4, 0.5) is 5.69 Å². The highest BCUT2D eigenvalue weighted by atomic mass is 35.5. The van der Waals surface area contributed by atoms with Crippen LogP contribution in [0.1, 0.15) is 38.2 Å². The molecule has 4 N–H and O–H groups in total. The molecular formula is C24H35ClN4O4S. The molecule has 10 heteroatoms. The van der Waals surface area contributed by atoms with Crippen molar-refractivity contribution >= 4 is 34.0 Å². The number of halogens is 1. The smallest absolute Gasteiger partial charge is 0.234 e. The maximum absolute atomic E-state index is 11.6. The molecule has 3 rings (SSSR count). The molecule has 1 aliphatic heterocycles. The van der Waals surface area contributed by atoms with E-state index >= 15 is 0 Å². The minimum atomic E-state index is -3.30. The van der Waals surface area contributed by atoms with E-state index in [1.165, 1.54) is 5.56 Å². The molecule has 1 aliphatic rings. The van der Waals surface area contributed by atoms with E-state index in [2.05, 4.69) is 34.0 Å². The van der Waals surface area contributed by atoms with E-state index in [0.717, 1.165) is 57.3 Å². The van der Waals surface area contributed by atoms with E-state index in [9.17, 15) is 13.2 Å². The van der Waals surface area contributed by atoms with Crippen molar-refractivity contribution in [3.63, 3.8) is 0 Å². The standard InChI is InChI=1S/C24H34N4O4S.ClH/c1-3-4-23(24(25)29)26-19-13-15-28(16-14-19)17-18-5-9-21(10-6-18)32-22-11-7-20(8-12-22)27-33(2,30)31;/h5-12,19,23,26-27H,3-4,13-17H2,1-2H3,(H2,25,29);1H. The average Bonchev–Trinajstić information content (AvgIpc) is 2.76. The highest BCUT2D eigenvalue weighted by Crippen LogP contribution is 2.24. The number of benzene rings is 2. The monoisotopic (exact) mass is 510 g/mol. The van der Waals surface area contributed by atoms with Gasteiger partial charge in [-0.15, -0.1) is 12.4 Å². The summed E-state index contributed by atoms with van der Waals surface area (Å²) in [6, 6.07) is 14.9. The van der Waals surface area contributed by atoms with Gasteiger partial charge in [-0.1, -0.05) is 25.5 Å². The van der Waals surface area contributed by atoms with Gasteiger partial charge in [0.05, 0.1) is 12.3 Å². The molecule has 1 amide bonds. The van der Waals surface area contributed by atoms with Gasteiger partial charge in [0.2, 0.25) is 15.9 Å². The third kappa shape index (κ3) is 9.13. The largest absolute Gasteiger partial charge is 0.457 e. The minimum absolute atomic E-state index is 0. The molecule has 2 aromatic rings. The van der Waals surface area contributed by atoms with E-state index in [0.29, 0.717) is 17.5 Å². The Morgan fingerprint density at radius 1 is 1.09 bits per heavy atom. The molecule has 0 bridgehead atoms. The van der Waals surface area contributed by atoms with E-state index in [-0.39, 0.29) is 24.4 Å². The van der Waals surface area contributed by atoms with Gasteiger partial charge in [-0.05, 0) is 74.3 Å². The first kappa shape index (κ1) is 27.9. The van der Waals surface area contributed by atoms with Crippen LogP contribution in [0.25, 0.3) is 0 Å². The van der Waals surface area contributed by atoms with Crippen LogP contribution in [0.3, 0.4) is 0 Å². The Morgan fingerprint density at radius 2 is 1.65 bits per heavy atom. The number of ether oxygens (including phenoxy) is 1. The first-order valence-corrected chi connectivity index (χ1v) is 13.2. The second-order valence-electron chi connectivity index (χ2n) is 8.61. The van der Waals surface area contributed by atoms with Gasteiger partial charge in [-0.2, -0.15) is 0 Å². The number of anilines is 1. The van der Waals surface area contributed by atoms with Crippen molar-refractivity contribution in [2.75, 3.05) is 24.1 Å². The third-order valence-electron chi connectivity index (χ3n) is 5.67. The van der Waals surface area contributed by atoms with E-state index in [1.807, 2.05) is 12.1 Å². The summed E-state index contributed by atoms with van der Waals surface area (Å²) in [7, 11) is -3.30. The molecule has 1 atom stereocenters. The van der Waals surface area contributed by atoms with Gasteiger partial charge >= 0.3 is 0 Å². The van der Waals surface area contributed by atoms with Gasteiger partial charge in [0.1, 0.15) is 11.5 Å². The zero-order valence-electron chi connectivity index (χ0n) is 19.7. The lowest BCUT2D eigenvalue weighted by molar-refractivity contribution is -0.120. The molecule has 34 heavy (non-hydrogen) atoms. The van der Waals surface area contributed by atoms with E-state index in [1.54, 1.807) is 24.3 Å². The number of piperidine rings is 1. The summed E-state index contributed by atoms with van der Waals surface area (Å²) in [5.74, 6) is 1.09. The van der Waals surface area contributed by atoms with Crippen LogP contribution in [-0.2, 0) is 21.4 Å². The summed E-state index contributed by atoms with van der Waals surface area (Å²) in [5.41, 5.74) is 7.22. The second-order valence-corrected chi connectivity index (χ2v) is 10.4. The van der Waals surface area contributed by atoms with Crippen molar-refractivity contribution < 1.29 is 17.9 Å². The lowest BCUT2D eigenvalue weighted by Crippen LogP contribution is -2.50. The molecule has 1 heterocycles. The molecule has 1 unspecified atom stereocenters. The molecule has 0 aliphatic carbocycles. The van der Waals surface area contributed by atoms with Crippen LogP contribution in [0, 0.1) is 0 Å². The van der Waals surface area contributed by atoms with Crippen molar-refractivity contribution in [3.8, 4) is 11.5 Å². The second kappa shape index (κ2) is 12.9. The molecule has 188 valence electrons. The summed E-state index contributed by atoms with van der Waals surface area (Å²) in [5, 5.41) is 3.43. The topological polar surface area (TPSA) is 114 Å². The highest BCUT2D eigenvalue weighted by Gasteiger charge is 2.23. The van der Waals surface area contributed by atoms with Crippen molar-refractivity contribution in [1.82, 2.24) is 10.2 Å². The van der Waals surface area contributed by atoms with Crippen molar-refractivity contribution in [3.05, 3.63) is 54.1 Å². The maximum atomic E-state index is 11.6. The number of primary amides is 1. The van der Waals surface area contributed by atoms with Crippen LogP contribution in [0.15, 0.2) is 48.5 Å². The highest BCUT2D eigenvalue weighted by molar-refractivity contribution is 7.92. The number of carbonyl (C=O) groups is 1. The Balaban J connectivity index is 0.00000408. The summed E-state index contributed by atoms with van der Waals surface area (Å²) in [6.45, 7) is 4.88. The molecule has 1 fully saturated rings. The first-order chi connectivity index (χ1) is 15.7. The van der Waals surface area contributed by atoms with Crippen molar-refractivity contribution in [2.45, 2.75) is 51.2 Å². The first-order valence-electron chi connectivity index (χ1n) is 11.3. The Bertz CT molecular complexity index is 1010. The fraction of sp³-hybridized carbons (Fsp3) is 0.458. The summed E-state index contributed by atoms with van der Waals surface area (Å²) in [4.78, 5) is 14.0. The average molecular weight is 511 g/mol. The van der Waals surface area contributed by atoms with Gasteiger partial charge in [-0.3, -0.25) is 14.4 Å². The Hall–Kier alpha value is -2.33. The minimum Gasteiger partial charge on any atom is -0.457 e. The number of amides is 1. The van der Waals surface area contributed by atoms with Crippen LogP contribution in [0.5, 0.6) is 11.5 Å². The summed E-state index contributed by atoms with van der Waals surface area (Å²) in [6.07, 6.45) is 4.83. The summed E-state index contributed by atoms with van der Waals surface area (Å²) >= 11 is 0. The molecule has 0 aromatic heterocycles. The number of nitrogens with one attached hydrogen (secondary N) is 2. The number of hydrogen-bond donors (Lipinski definition) is 3. The molecule has 0 spiro atoms. The fourth-order valence-electron chi connectivity index (χ4n) is 4.00. The number of hydrogen-bond acceptors (Lipinski definition) is 6. The van der Waals surface area contributed by atoms with Crippen LogP contribution >= 0.6 is 12.4 Å². The zero-order chi connectivity index (χ0) is 23.8.